The van der Waals surface area contributed by atoms with E-state index in [2.05, 4.69) is 0 Å². The van der Waals surface area contributed by atoms with Crippen LogP contribution in [0.4, 0.5) is 0 Å². The highest BCUT2D eigenvalue weighted by Crippen LogP contribution is 2.04. The Kier molecular flexibility index (Phi) is 7.83. The molecule has 0 radical (unpaired) electrons. The molecule has 1 N–H and O–H groups in total. The van der Waals surface area contributed by atoms with Crippen LogP contribution in [0.5, 0.6) is 0 Å². The molecule has 0 unspecified atom stereocenters. The summed E-state index contributed by atoms with van der Waals surface area (Å²) in [5, 5.41) is 9.32. The van der Waals surface area contributed by atoms with E-state index in [9.17, 15) is 14.7 Å². The fourth-order valence-electron chi connectivity index (χ4n) is 2.00. The van der Waals surface area contributed by atoms with Crippen molar-refractivity contribution in [2.24, 2.45) is 0 Å². The van der Waals surface area contributed by atoms with Crippen molar-refractivity contribution in [2.45, 2.75) is 0 Å². The van der Waals surface area contributed by atoms with E-state index in [-0.39, 0.29) is 19.8 Å². The van der Waals surface area contributed by atoms with Crippen molar-refractivity contribution in [3.63, 3.8) is 0 Å². The van der Waals surface area contributed by atoms with E-state index >= 15 is 0 Å². The molecule has 2 rings (SSSR count). The molecule has 0 atom stereocenters. The molecule has 5 heteroatoms. The number of aliphatic hydroxyl groups is 1. The number of ether oxygens (including phenoxy) is 2. The molecule has 0 heterocycles. The van der Waals surface area contributed by atoms with Crippen LogP contribution in [0, 0.1) is 0 Å². The first-order chi connectivity index (χ1) is 12.7. The molecule has 2 aromatic carbocycles. The molecular formula is C21H20O5. The van der Waals surface area contributed by atoms with Crippen molar-refractivity contribution in [1.82, 2.24) is 0 Å². The number of carbonyl (C=O) groups is 2. The van der Waals surface area contributed by atoms with Crippen LogP contribution in [-0.4, -0.2) is 36.9 Å². The Hall–Kier alpha value is -3.18. The fourth-order valence-corrected chi connectivity index (χ4v) is 2.00. The summed E-state index contributed by atoms with van der Waals surface area (Å²) in [6.07, 6.45) is 4.89. The smallest absolute Gasteiger partial charge is 0.338 e. The van der Waals surface area contributed by atoms with Crippen molar-refractivity contribution < 1.29 is 24.2 Å². The van der Waals surface area contributed by atoms with Crippen molar-refractivity contribution in [2.75, 3.05) is 19.8 Å². The zero-order valence-corrected chi connectivity index (χ0v) is 14.2. The molecule has 26 heavy (non-hydrogen) atoms. The quantitative estimate of drug-likeness (QED) is 0.583. The average molecular weight is 352 g/mol. The first-order valence-electron chi connectivity index (χ1n) is 8.10. The fraction of sp³-hybridized carbons (Fsp3) is 0.143. The summed E-state index contributed by atoms with van der Waals surface area (Å²) in [6.45, 7) is -0.151. The van der Waals surface area contributed by atoms with E-state index in [0.717, 1.165) is 0 Å². The van der Waals surface area contributed by atoms with Crippen molar-refractivity contribution in [3.05, 3.63) is 95.6 Å². The maximum Gasteiger partial charge on any atom is 0.338 e. The maximum atomic E-state index is 11.8. The lowest BCUT2D eigenvalue weighted by molar-refractivity contribution is 0.0526. The van der Waals surface area contributed by atoms with Crippen LogP contribution in [0.3, 0.4) is 0 Å². The van der Waals surface area contributed by atoms with Gasteiger partial charge in [0.1, 0.15) is 13.2 Å². The third-order valence-corrected chi connectivity index (χ3v) is 3.39. The SMILES string of the molecule is O=C(OC/C=C\C=C(/CO)COC(=O)c1ccccc1)c1ccccc1. The van der Waals surface area contributed by atoms with Crippen molar-refractivity contribution in [1.29, 1.82) is 0 Å². The highest BCUT2D eigenvalue weighted by molar-refractivity contribution is 5.89. The van der Waals surface area contributed by atoms with Gasteiger partial charge in [-0.3, -0.25) is 0 Å². The second-order valence-corrected chi connectivity index (χ2v) is 5.32. The minimum atomic E-state index is -0.453. The zero-order valence-electron chi connectivity index (χ0n) is 14.2. The molecule has 0 amide bonds. The lowest BCUT2D eigenvalue weighted by Crippen LogP contribution is -2.09. The number of aliphatic hydroxyl groups excluding tert-OH is 1. The Balaban J connectivity index is 1.76. The van der Waals surface area contributed by atoms with E-state index in [1.165, 1.54) is 0 Å². The second kappa shape index (κ2) is 10.6. The Morgan fingerprint density at radius 2 is 1.38 bits per heavy atom. The van der Waals surface area contributed by atoms with E-state index in [1.54, 1.807) is 66.8 Å². The highest BCUT2D eigenvalue weighted by atomic mass is 16.5. The first-order valence-corrected chi connectivity index (χ1v) is 8.10. The topological polar surface area (TPSA) is 72.8 Å². The summed E-state index contributed by atoms with van der Waals surface area (Å²) in [6, 6.07) is 17.3. The van der Waals surface area contributed by atoms with Gasteiger partial charge >= 0.3 is 11.9 Å². The lowest BCUT2D eigenvalue weighted by atomic mass is 10.2. The van der Waals surface area contributed by atoms with Gasteiger partial charge in [0, 0.05) is 0 Å². The number of allylic oxidation sites excluding steroid dienone is 2. The Labute approximate surface area is 152 Å². The normalized spacial score (nSPS) is 11.3. The van der Waals surface area contributed by atoms with Crippen LogP contribution in [0.15, 0.2) is 84.5 Å². The van der Waals surface area contributed by atoms with Crippen molar-refractivity contribution >= 4 is 11.9 Å². The molecule has 2 aromatic rings. The third-order valence-electron chi connectivity index (χ3n) is 3.39. The molecule has 0 saturated heterocycles. The number of hydrogen-bond donors (Lipinski definition) is 1. The summed E-state index contributed by atoms with van der Waals surface area (Å²) in [4.78, 5) is 23.6. The predicted octanol–water partition coefficient (Wildman–Crippen LogP) is 3.18. The number of esters is 2. The van der Waals surface area contributed by atoms with Crippen LogP contribution >= 0.6 is 0 Å². The van der Waals surface area contributed by atoms with Gasteiger partial charge in [-0.25, -0.2) is 9.59 Å². The molecule has 5 nitrogen and oxygen atoms in total. The predicted molar refractivity (Wildman–Crippen MR) is 97.8 cm³/mol. The van der Waals surface area contributed by atoms with Crippen molar-refractivity contribution in [3.8, 4) is 0 Å². The minimum Gasteiger partial charge on any atom is -0.458 e. The zero-order chi connectivity index (χ0) is 18.6. The number of benzene rings is 2. The number of rotatable bonds is 8. The van der Waals surface area contributed by atoms with E-state index in [1.807, 2.05) is 12.1 Å². The molecule has 0 saturated carbocycles. The van der Waals surface area contributed by atoms with Gasteiger partial charge in [-0.05, 0) is 35.9 Å². The minimum absolute atomic E-state index is 0.0155. The standard InChI is InChI=1S/C21H20O5/c22-15-17(16-26-21(24)19-12-5-2-6-13-19)9-7-8-14-25-20(23)18-10-3-1-4-11-18/h1-13,22H,14-16H2/b8-7-,17-9+. The average Bonchev–Trinajstić information content (AvgIpc) is 2.71. The van der Waals surface area contributed by atoms with Crippen LogP contribution < -0.4 is 0 Å². The molecule has 0 spiro atoms. The van der Waals surface area contributed by atoms with Gasteiger partial charge in [-0.1, -0.05) is 48.6 Å². The molecule has 0 aromatic heterocycles. The van der Waals surface area contributed by atoms with Gasteiger partial charge in [0.25, 0.3) is 0 Å². The summed E-state index contributed by atoms with van der Waals surface area (Å²) < 4.78 is 10.2. The first kappa shape index (κ1) is 19.1. The maximum absolute atomic E-state index is 11.8. The van der Waals surface area contributed by atoms with E-state index < -0.39 is 11.9 Å². The summed E-state index contributed by atoms with van der Waals surface area (Å²) in [5.74, 6) is -0.857. The van der Waals surface area contributed by atoms with Gasteiger partial charge < -0.3 is 14.6 Å². The molecule has 0 aliphatic heterocycles. The van der Waals surface area contributed by atoms with E-state index in [0.29, 0.717) is 16.7 Å². The second-order valence-electron chi connectivity index (χ2n) is 5.32. The molecule has 0 aliphatic rings. The Morgan fingerprint density at radius 1 is 0.846 bits per heavy atom. The van der Waals surface area contributed by atoms with E-state index in [4.69, 9.17) is 9.47 Å². The van der Waals surface area contributed by atoms with Gasteiger partial charge in [0.05, 0.1) is 17.7 Å². The van der Waals surface area contributed by atoms with Crippen LogP contribution in [0.1, 0.15) is 20.7 Å². The van der Waals surface area contributed by atoms with Crippen LogP contribution in [0.2, 0.25) is 0 Å². The van der Waals surface area contributed by atoms with Gasteiger partial charge in [-0.2, -0.15) is 0 Å². The van der Waals surface area contributed by atoms with Crippen LogP contribution in [-0.2, 0) is 9.47 Å². The largest absolute Gasteiger partial charge is 0.458 e. The van der Waals surface area contributed by atoms with Gasteiger partial charge in [0.15, 0.2) is 0 Å². The summed E-state index contributed by atoms with van der Waals surface area (Å²) >= 11 is 0. The third kappa shape index (κ3) is 6.37. The molecular weight excluding hydrogens is 332 g/mol. The summed E-state index contributed by atoms with van der Waals surface area (Å²) in [5.41, 5.74) is 1.47. The number of carbonyl (C=O) groups excluding carboxylic acids is 2. The highest BCUT2D eigenvalue weighted by Gasteiger charge is 2.07. The Morgan fingerprint density at radius 3 is 1.92 bits per heavy atom. The lowest BCUT2D eigenvalue weighted by Gasteiger charge is -2.06. The molecule has 0 bridgehead atoms. The molecule has 0 aliphatic carbocycles. The molecule has 134 valence electrons. The molecule has 0 fully saturated rings. The summed E-state index contributed by atoms with van der Waals surface area (Å²) in [7, 11) is 0. The van der Waals surface area contributed by atoms with Gasteiger partial charge in [0.2, 0.25) is 0 Å². The Bertz CT molecular complexity index is 764. The monoisotopic (exact) mass is 352 g/mol. The van der Waals surface area contributed by atoms with Crippen LogP contribution in [0.25, 0.3) is 0 Å². The van der Waals surface area contributed by atoms with Gasteiger partial charge in [-0.15, -0.1) is 0 Å². The number of hydrogen-bond acceptors (Lipinski definition) is 5.